The maximum Gasteiger partial charge on any atom is 0.431 e. The lowest BCUT2D eigenvalue weighted by Crippen LogP contribution is -2.22. The van der Waals surface area contributed by atoms with E-state index >= 15 is 0 Å². The average Bonchev–Trinajstić information content (AvgIpc) is 2.93. The number of hydrogen-bond donors (Lipinski definition) is 0. The van der Waals surface area contributed by atoms with Crippen LogP contribution in [0.15, 0.2) is 47.6 Å². The first-order valence-electron chi connectivity index (χ1n) is 7.21. The van der Waals surface area contributed by atoms with Crippen LogP contribution in [0.3, 0.4) is 0 Å². The molecule has 0 saturated heterocycles. The van der Waals surface area contributed by atoms with Gasteiger partial charge in [0.15, 0.2) is 0 Å². The van der Waals surface area contributed by atoms with E-state index in [1.54, 1.807) is 24.3 Å². The molecule has 1 atom stereocenters. The zero-order valence-electron chi connectivity index (χ0n) is 12.6. The van der Waals surface area contributed by atoms with Gasteiger partial charge in [-0.3, -0.25) is 5.01 Å². The summed E-state index contributed by atoms with van der Waals surface area (Å²) in [6.07, 6.45) is -5.10. The summed E-state index contributed by atoms with van der Waals surface area (Å²) in [7, 11) is 0. The van der Waals surface area contributed by atoms with Crippen LogP contribution in [-0.4, -0.2) is 11.9 Å². The van der Waals surface area contributed by atoms with Crippen molar-refractivity contribution in [2.75, 3.05) is 5.01 Å². The highest BCUT2D eigenvalue weighted by Gasteiger charge is 2.44. The van der Waals surface area contributed by atoms with Crippen LogP contribution >= 0.6 is 0 Å². The molecule has 2 aromatic carbocycles. The lowest BCUT2D eigenvalue weighted by Gasteiger charge is -2.24. The Labute approximate surface area is 135 Å². The highest BCUT2D eigenvalue weighted by molar-refractivity contribution is 5.93. The molecule has 0 aliphatic carbocycles. The van der Waals surface area contributed by atoms with Gasteiger partial charge < -0.3 is 0 Å². The Morgan fingerprint density at radius 2 is 1.71 bits per heavy atom. The van der Waals surface area contributed by atoms with Crippen molar-refractivity contribution in [3.05, 3.63) is 65.2 Å². The second-order valence-corrected chi connectivity index (χ2v) is 5.61. The molecule has 24 heavy (non-hydrogen) atoms. The van der Waals surface area contributed by atoms with E-state index in [0.29, 0.717) is 11.8 Å². The lowest BCUT2D eigenvalue weighted by atomic mass is 10.0. The van der Waals surface area contributed by atoms with Gasteiger partial charge in [0.1, 0.15) is 17.3 Å². The predicted octanol–water partition coefficient (Wildman–Crippen LogP) is 5.14. The van der Waals surface area contributed by atoms with Gasteiger partial charge in [-0.15, -0.1) is 0 Å². The van der Waals surface area contributed by atoms with Crippen LogP contribution in [-0.2, 0) is 0 Å². The molecule has 0 N–H and O–H groups in total. The molecule has 2 aromatic rings. The number of halogens is 5. The highest BCUT2D eigenvalue weighted by Crippen LogP contribution is 2.40. The normalized spacial score (nSPS) is 18.0. The molecule has 1 aliphatic rings. The summed E-state index contributed by atoms with van der Waals surface area (Å²) in [5.74, 6) is -1.68. The van der Waals surface area contributed by atoms with Gasteiger partial charge in [-0.2, -0.15) is 18.3 Å². The largest absolute Gasteiger partial charge is 0.431 e. The molecule has 0 bridgehead atoms. The van der Waals surface area contributed by atoms with Crippen molar-refractivity contribution in [2.45, 2.75) is 25.6 Å². The van der Waals surface area contributed by atoms with Gasteiger partial charge in [-0.05, 0) is 25.1 Å². The first-order valence-corrected chi connectivity index (χ1v) is 7.21. The van der Waals surface area contributed by atoms with E-state index in [1.807, 2.05) is 6.92 Å². The molecular formula is C17H13F5N2. The Kier molecular flexibility index (Phi) is 4.03. The molecule has 0 saturated carbocycles. The Hall–Kier alpha value is -2.44. The van der Waals surface area contributed by atoms with Gasteiger partial charge in [-0.1, -0.05) is 23.8 Å². The van der Waals surface area contributed by atoms with Gasteiger partial charge in [0, 0.05) is 18.1 Å². The standard InChI is InChI=1S/C17H13F5N2/c1-10-2-5-12(6-3-10)24-15(9-16(23-24)17(20,21)22)13-7-4-11(18)8-14(13)19/h2-8,15H,9H2,1H3/t15-/m0/s1. The summed E-state index contributed by atoms with van der Waals surface area (Å²) in [4.78, 5) is 0. The zero-order chi connectivity index (χ0) is 17.5. The maximum atomic E-state index is 14.1. The van der Waals surface area contributed by atoms with Crippen molar-refractivity contribution in [1.82, 2.24) is 0 Å². The molecular weight excluding hydrogens is 327 g/mol. The predicted molar refractivity (Wildman–Crippen MR) is 80.9 cm³/mol. The third kappa shape index (κ3) is 3.11. The summed E-state index contributed by atoms with van der Waals surface area (Å²) in [5, 5.41) is 4.78. The SMILES string of the molecule is Cc1ccc(N2N=C(C(F)(F)F)C[C@H]2c2ccc(F)cc2F)cc1. The fraction of sp³-hybridized carbons (Fsp3) is 0.235. The van der Waals surface area contributed by atoms with Crippen LogP contribution in [0, 0.1) is 18.6 Å². The van der Waals surface area contributed by atoms with Crippen LogP contribution in [0.5, 0.6) is 0 Å². The van der Waals surface area contributed by atoms with E-state index in [4.69, 9.17) is 0 Å². The van der Waals surface area contributed by atoms with Crippen molar-refractivity contribution in [1.29, 1.82) is 0 Å². The molecule has 126 valence electrons. The van der Waals surface area contributed by atoms with Crippen molar-refractivity contribution in [2.24, 2.45) is 5.10 Å². The Balaban J connectivity index is 2.05. The minimum Gasteiger partial charge on any atom is -0.257 e. The fourth-order valence-electron chi connectivity index (χ4n) is 2.63. The van der Waals surface area contributed by atoms with E-state index in [2.05, 4.69) is 5.10 Å². The molecule has 0 radical (unpaired) electrons. The molecule has 0 aromatic heterocycles. The molecule has 1 heterocycles. The number of anilines is 1. The van der Waals surface area contributed by atoms with E-state index in [0.717, 1.165) is 22.7 Å². The number of alkyl halides is 3. The second-order valence-electron chi connectivity index (χ2n) is 5.61. The van der Waals surface area contributed by atoms with Crippen LogP contribution < -0.4 is 5.01 Å². The first-order chi connectivity index (χ1) is 11.3. The monoisotopic (exact) mass is 340 g/mol. The van der Waals surface area contributed by atoms with Gasteiger partial charge >= 0.3 is 6.18 Å². The Bertz CT molecular complexity index is 781. The molecule has 3 rings (SSSR count). The maximum absolute atomic E-state index is 14.1. The minimum absolute atomic E-state index is 0.0278. The highest BCUT2D eigenvalue weighted by atomic mass is 19.4. The van der Waals surface area contributed by atoms with E-state index in [9.17, 15) is 22.0 Å². The lowest BCUT2D eigenvalue weighted by molar-refractivity contribution is -0.0600. The van der Waals surface area contributed by atoms with E-state index < -0.39 is 36.0 Å². The van der Waals surface area contributed by atoms with Gasteiger partial charge in [-0.25, -0.2) is 8.78 Å². The van der Waals surface area contributed by atoms with Crippen LogP contribution in [0.25, 0.3) is 0 Å². The molecule has 0 fully saturated rings. The topological polar surface area (TPSA) is 15.6 Å². The van der Waals surface area contributed by atoms with Crippen LogP contribution in [0.1, 0.15) is 23.6 Å². The smallest absolute Gasteiger partial charge is 0.257 e. The summed E-state index contributed by atoms with van der Waals surface area (Å²) in [6, 6.07) is 8.56. The zero-order valence-corrected chi connectivity index (χ0v) is 12.6. The molecule has 7 heteroatoms. The van der Waals surface area contributed by atoms with Crippen molar-refractivity contribution >= 4 is 11.4 Å². The number of aryl methyl sites for hydroxylation is 1. The summed E-state index contributed by atoms with van der Waals surface area (Å²) in [5.41, 5.74) is 0.327. The number of hydrogen-bond acceptors (Lipinski definition) is 2. The second kappa shape index (κ2) is 5.89. The average molecular weight is 340 g/mol. The Morgan fingerprint density at radius 1 is 1.04 bits per heavy atom. The number of nitrogens with zero attached hydrogens (tertiary/aromatic N) is 2. The van der Waals surface area contributed by atoms with Crippen molar-refractivity contribution in [3.63, 3.8) is 0 Å². The first kappa shape index (κ1) is 16.4. The van der Waals surface area contributed by atoms with Crippen molar-refractivity contribution < 1.29 is 22.0 Å². The third-order valence-corrected chi connectivity index (χ3v) is 3.86. The quantitative estimate of drug-likeness (QED) is 0.691. The number of benzene rings is 2. The molecule has 0 amide bonds. The van der Waals surface area contributed by atoms with Gasteiger partial charge in [0.25, 0.3) is 0 Å². The van der Waals surface area contributed by atoms with Gasteiger partial charge in [0.05, 0.1) is 11.7 Å². The minimum atomic E-state index is -4.60. The number of rotatable bonds is 2. The molecule has 1 aliphatic heterocycles. The van der Waals surface area contributed by atoms with Crippen LogP contribution in [0.2, 0.25) is 0 Å². The van der Waals surface area contributed by atoms with Crippen LogP contribution in [0.4, 0.5) is 27.6 Å². The summed E-state index contributed by atoms with van der Waals surface area (Å²) >= 11 is 0. The summed E-state index contributed by atoms with van der Waals surface area (Å²) < 4.78 is 66.4. The number of hydrazone groups is 1. The van der Waals surface area contributed by atoms with Crippen molar-refractivity contribution in [3.8, 4) is 0 Å². The van der Waals surface area contributed by atoms with E-state index in [-0.39, 0.29) is 5.56 Å². The Morgan fingerprint density at radius 3 is 2.29 bits per heavy atom. The summed E-state index contributed by atoms with van der Waals surface area (Å²) in [6.45, 7) is 1.84. The van der Waals surface area contributed by atoms with Gasteiger partial charge in [0.2, 0.25) is 0 Å². The van der Waals surface area contributed by atoms with E-state index in [1.165, 1.54) is 0 Å². The fourth-order valence-corrected chi connectivity index (χ4v) is 2.63. The molecule has 0 spiro atoms. The molecule has 0 unspecified atom stereocenters. The molecule has 2 nitrogen and oxygen atoms in total. The third-order valence-electron chi connectivity index (χ3n) is 3.86.